The van der Waals surface area contributed by atoms with E-state index in [9.17, 15) is 10.1 Å². The molecule has 158 valence electrons. The van der Waals surface area contributed by atoms with Crippen LogP contribution in [0.4, 0.5) is 11.4 Å². The van der Waals surface area contributed by atoms with E-state index in [0.717, 1.165) is 5.69 Å². The van der Waals surface area contributed by atoms with Crippen molar-refractivity contribution in [3.8, 4) is 11.8 Å². The number of amides is 1. The predicted octanol–water partition coefficient (Wildman–Crippen LogP) is 5.77. The van der Waals surface area contributed by atoms with Gasteiger partial charge in [-0.3, -0.25) is 4.79 Å². The van der Waals surface area contributed by atoms with Crippen LogP contribution in [0, 0.1) is 17.2 Å². The molecule has 0 fully saturated rings. The lowest BCUT2D eigenvalue weighted by atomic mass is 10.1. The number of carbonyl (C=O) groups is 1. The van der Waals surface area contributed by atoms with Crippen molar-refractivity contribution in [3.63, 3.8) is 0 Å². The normalized spacial score (nSPS) is 12.5. The maximum atomic E-state index is 12.9. The van der Waals surface area contributed by atoms with E-state index < -0.39 is 6.10 Å². The van der Waals surface area contributed by atoms with Crippen molar-refractivity contribution in [2.45, 2.75) is 32.9 Å². The topological polar surface area (TPSA) is 74.2 Å². The minimum Gasteiger partial charge on any atom is -0.479 e. The van der Waals surface area contributed by atoms with Gasteiger partial charge in [-0.15, -0.1) is 0 Å². The molecule has 0 saturated heterocycles. The molecule has 0 aliphatic rings. The van der Waals surface area contributed by atoms with Gasteiger partial charge >= 0.3 is 0 Å². The molecule has 3 aromatic rings. The lowest BCUT2D eigenvalue weighted by Crippen LogP contribution is -2.37. The summed E-state index contributed by atoms with van der Waals surface area (Å²) in [6.45, 7) is 5.93. The number of carbonyl (C=O) groups excluding carboxylic acids is 1. The van der Waals surface area contributed by atoms with Crippen molar-refractivity contribution in [3.05, 3.63) is 90.0 Å². The Morgan fingerprint density at radius 1 is 0.871 bits per heavy atom. The summed E-state index contributed by atoms with van der Waals surface area (Å²) >= 11 is 0. The first kappa shape index (κ1) is 21.9. The maximum absolute atomic E-state index is 12.9. The molecule has 0 saturated carbocycles. The van der Waals surface area contributed by atoms with Crippen molar-refractivity contribution in [1.29, 1.82) is 5.26 Å². The van der Waals surface area contributed by atoms with Gasteiger partial charge in [0.15, 0.2) is 6.10 Å². The molecular formula is C26H27N3O2. The molecular weight excluding hydrogens is 386 g/mol. The molecule has 2 N–H and O–H groups in total. The number of hydrogen-bond donors (Lipinski definition) is 2. The quantitative estimate of drug-likeness (QED) is 0.491. The SMILES string of the molecule is CC(Nc1ccc(NC(=O)C(Oc2ccccc2C#N)C(C)C)cc1)c1ccccc1. The lowest BCUT2D eigenvalue weighted by Gasteiger charge is -2.22. The van der Waals surface area contributed by atoms with Gasteiger partial charge in [0.05, 0.1) is 5.56 Å². The molecule has 0 aliphatic heterocycles. The summed E-state index contributed by atoms with van der Waals surface area (Å²) in [4.78, 5) is 12.9. The standard InChI is InChI=1S/C26H27N3O2/c1-18(2)25(31-24-12-8-7-11-21(24)17-27)26(30)29-23-15-13-22(14-16-23)28-19(3)20-9-5-4-6-10-20/h4-16,18-19,25,28H,1-3H3,(H,29,30). The Morgan fingerprint density at radius 2 is 1.48 bits per heavy atom. The summed E-state index contributed by atoms with van der Waals surface area (Å²) in [6, 6.07) is 27.0. The largest absolute Gasteiger partial charge is 0.479 e. The summed E-state index contributed by atoms with van der Waals surface area (Å²) in [5.74, 6) is 0.0915. The number of rotatable bonds is 8. The zero-order chi connectivity index (χ0) is 22.2. The fraction of sp³-hybridized carbons (Fsp3) is 0.231. The molecule has 0 aromatic heterocycles. The minimum atomic E-state index is -0.717. The van der Waals surface area contributed by atoms with Crippen LogP contribution in [0.2, 0.25) is 0 Å². The van der Waals surface area contributed by atoms with Crippen molar-refractivity contribution in [1.82, 2.24) is 0 Å². The van der Waals surface area contributed by atoms with Gasteiger partial charge in [-0.1, -0.05) is 56.3 Å². The van der Waals surface area contributed by atoms with Crippen LogP contribution in [0.25, 0.3) is 0 Å². The van der Waals surface area contributed by atoms with Crippen LogP contribution in [-0.4, -0.2) is 12.0 Å². The third-order valence-corrected chi connectivity index (χ3v) is 4.96. The Bertz CT molecular complexity index is 1040. The molecule has 0 spiro atoms. The van der Waals surface area contributed by atoms with Crippen LogP contribution >= 0.6 is 0 Å². The van der Waals surface area contributed by atoms with Gasteiger partial charge in [0.25, 0.3) is 5.91 Å². The lowest BCUT2D eigenvalue weighted by molar-refractivity contribution is -0.124. The molecule has 0 heterocycles. The molecule has 5 heteroatoms. The van der Waals surface area contributed by atoms with Crippen LogP contribution in [0.1, 0.15) is 37.9 Å². The second-order valence-corrected chi connectivity index (χ2v) is 7.73. The fourth-order valence-electron chi connectivity index (χ4n) is 3.23. The molecule has 1 amide bonds. The Balaban J connectivity index is 1.65. The Labute approximate surface area is 183 Å². The first-order valence-electron chi connectivity index (χ1n) is 10.4. The summed E-state index contributed by atoms with van der Waals surface area (Å²) in [5, 5.41) is 15.6. The fourth-order valence-corrected chi connectivity index (χ4v) is 3.23. The summed E-state index contributed by atoms with van der Waals surface area (Å²) in [6.07, 6.45) is -0.717. The van der Waals surface area contributed by atoms with Gasteiger partial charge in [0.2, 0.25) is 0 Å². The van der Waals surface area contributed by atoms with E-state index in [1.165, 1.54) is 5.56 Å². The number of nitrogens with one attached hydrogen (secondary N) is 2. The molecule has 3 rings (SSSR count). The van der Waals surface area contributed by atoms with Gasteiger partial charge in [-0.2, -0.15) is 5.26 Å². The molecule has 2 atom stereocenters. The summed E-state index contributed by atoms with van der Waals surface area (Å²) in [7, 11) is 0. The molecule has 5 nitrogen and oxygen atoms in total. The van der Waals surface area contributed by atoms with Crippen LogP contribution in [0.5, 0.6) is 5.75 Å². The van der Waals surface area contributed by atoms with E-state index >= 15 is 0 Å². The number of para-hydroxylation sites is 1. The first-order valence-corrected chi connectivity index (χ1v) is 10.4. The second kappa shape index (κ2) is 10.3. The van der Waals surface area contributed by atoms with Gasteiger partial charge < -0.3 is 15.4 Å². The van der Waals surface area contributed by atoms with Gasteiger partial charge in [-0.05, 0) is 54.8 Å². The second-order valence-electron chi connectivity index (χ2n) is 7.73. The third-order valence-electron chi connectivity index (χ3n) is 4.96. The Kier molecular flexibility index (Phi) is 7.29. The average Bonchev–Trinajstić information content (AvgIpc) is 2.79. The van der Waals surface area contributed by atoms with E-state index in [-0.39, 0.29) is 17.9 Å². The highest BCUT2D eigenvalue weighted by Gasteiger charge is 2.25. The van der Waals surface area contributed by atoms with E-state index in [1.807, 2.05) is 56.3 Å². The number of nitrogens with zero attached hydrogens (tertiary/aromatic N) is 1. The molecule has 31 heavy (non-hydrogen) atoms. The van der Waals surface area contributed by atoms with Crippen LogP contribution in [0.3, 0.4) is 0 Å². The van der Waals surface area contributed by atoms with E-state index in [0.29, 0.717) is 17.0 Å². The molecule has 0 bridgehead atoms. The first-order chi connectivity index (χ1) is 15.0. The van der Waals surface area contributed by atoms with Crippen molar-refractivity contribution in [2.24, 2.45) is 5.92 Å². The van der Waals surface area contributed by atoms with E-state index in [1.54, 1.807) is 24.3 Å². The van der Waals surface area contributed by atoms with Crippen molar-refractivity contribution >= 4 is 17.3 Å². The molecule has 3 aromatic carbocycles. The number of ether oxygens (including phenoxy) is 1. The zero-order valence-corrected chi connectivity index (χ0v) is 18.0. The highest BCUT2D eigenvalue weighted by Crippen LogP contribution is 2.23. The highest BCUT2D eigenvalue weighted by atomic mass is 16.5. The summed E-state index contributed by atoms with van der Waals surface area (Å²) in [5.41, 5.74) is 3.26. The van der Waals surface area contributed by atoms with Gasteiger partial charge in [0, 0.05) is 17.4 Å². The average molecular weight is 414 g/mol. The van der Waals surface area contributed by atoms with E-state index in [2.05, 4.69) is 35.8 Å². The van der Waals surface area contributed by atoms with Crippen molar-refractivity contribution < 1.29 is 9.53 Å². The monoisotopic (exact) mass is 413 g/mol. The number of hydrogen-bond acceptors (Lipinski definition) is 4. The Morgan fingerprint density at radius 3 is 2.13 bits per heavy atom. The van der Waals surface area contributed by atoms with Crippen LogP contribution in [0.15, 0.2) is 78.9 Å². The van der Waals surface area contributed by atoms with Gasteiger partial charge in [0.1, 0.15) is 11.8 Å². The molecule has 0 radical (unpaired) electrons. The highest BCUT2D eigenvalue weighted by molar-refractivity contribution is 5.94. The molecule has 0 aliphatic carbocycles. The third kappa shape index (κ3) is 5.86. The maximum Gasteiger partial charge on any atom is 0.265 e. The van der Waals surface area contributed by atoms with E-state index in [4.69, 9.17) is 4.74 Å². The number of anilines is 2. The minimum absolute atomic E-state index is 0.0700. The zero-order valence-electron chi connectivity index (χ0n) is 18.0. The molecule has 2 unspecified atom stereocenters. The predicted molar refractivity (Wildman–Crippen MR) is 124 cm³/mol. The van der Waals surface area contributed by atoms with Crippen molar-refractivity contribution in [2.75, 3.05) is 10.6 Å². The van der Waals surface area contributed by atoms with Crippen LogP contribution in [-0.2, 0) is 4.79 Å². The smallest absolute Gasteiger partial charge is 0.265 e. The van der Waals surface area contributed by atoms with Gasteiger partial charge in [-0.25, -0.2) is 0 Å². The summed E-state index contributed by atoms with van der Waals surface area (Å²) < 4.78 is 5.91. The Hall–Kier alpha value is -3.78. The van der Waals surface area contributed by atoms with Crippen LogP contribution < -0.4 is 15.4 Å². The number of benzene rings is 3. The number of nitriles is 1.